The largest absolute Gasteiger partial charge is 0.382 e. The van der Waals surface area contributed by atoms with E-state index < -0.39 is 5.91 Å². The zero-order valence-electron chi connectivity index (χ0n) is 18.1. The number of anilines is 1. The highest BCUT2D eigenvalue weighted by molar-refractivity contribution is 6.31. The lowest BCUT2D eigenvalue weighted by Crippen LogP contribution is -2.26. The summed E-state index contributed by atoms with van der Waals surface area (Å²) in [5.41, 5.74) is 10.7. The van der Waals surface area contributed by atoms with Gasteiger partial charge < -0.3 is 11.1 Å². The molecule has 2 aromatic heterocycles. The number of halogens is 2. The number of nitrogens with zero attached hydrogens (tertiary/aromatic N) is 3. The van der Waals surface area contributed by atoms with E-state index in [1.165, 1.54) is 12.1 Å². The Labute approximate surface area is 195 Å². The summed E-state index contributed by atoms with van der Waals surface area (Å²) in [5, 5.41) is 3.35. The predicted molar refractivity (Wildman–Crippen MR) is 127 cm³/mol. The molecule has 0 atom stereocenters. The van der Waals surface area contributed by atoms with E-state index in [9.17, 15) is 9.18 Å². The number of nitrogens with two attached hydrogens (primary N) is 1. The van der Waals surface area contributed by atoms with Crippen LogP contribution in [0, 0.1) is 19.7 Å². The molecule has 0 saturated heterocycles. The fourth-order valence-corrected chi connectivity index (χ4v) is 3.70. The van der Waals surface area contributed by atoms with Gasteiger partial charge in [0.2, 0.25) is 0 Å². The van der Waals surface area contributed by atoms with Gasteiger partial charge in [0, 0.05) is 34.1 Å². The molecular formula is C25H21ClFN5O. The van der Waals surface area contributed by atoms with Crippen molar-refractivity contribution in [3.05, 3.63) is 94.1 Å². The molecule has 166 valence electrons. The van der Waals surface area contributed by atoms with E-state index in [4.69, 9.17) is 17.3 Å². The van der Waals surface area contributed by atoms with Crippen LogP contribution in [0.25, 0.3) is 22.5 Å². The first-order valence-corrected chi connectivity index (χ1v) is 10.6. The van der Waals surface area contributed by atoms with Gasteiger partial charge >= 0.3 is 0 Å². The summed E-state index contributed by atoms with van der Waals surface area (Å²) in [4.78, 5) is 26.5. The second-order valence-corrected chi connectivity index (χ2v) is 7.98. The Hall–Kier alpha value is -3.84. The predicted octanol–water partition coefficient (Wildman–Crippen LogP) is 5.13. The minimum absolute atomic E-state index is 0.00460. The number of pyridine rings is 1. The van der Waals surface area contributed by atoms with Crippen molar-refractivity contribution in [2.24, 2.45) is 0 Å². The van der Waals surface area contributed by atoms with E-state index in [0.717, 1.165) is 22.5 Å². The second-order valence-electron chi connectivity index (χ2n) is 7.57. The van der Waals surface area contributed by atoms with Gasteiger partial charge in [-0.3, -0.25) is 9.78 Å². The molecule has 0 saturated carbocycles. The lowest BCUT2D eigenvalue weighted by molar-refractivity contribution is 0.0946. The highest BCUT2D eigenvalue weighted by atomic mass is 35.5. The molecule has 6 nitrogen and oxygen atoms in total. The highest BCUT2D eigenvalue weighted by Crippen LogP contribution is 2.31. The van der Waals surface area contributed by atoms with Crippen LogP contribution in [-0.2, 0) is 6.54 Å². The molecule has 1 amide bonds. The first kappa shape index (κ1) is 22.4. The van der Waals surface area contributed by atoms with Crippen LogP contribution in [0.4, 0.5) is 10.2 Å². The van der Waals surface area contributed by atoms with Crippen LogP contribution in [0.3, 0.4) is 0 Å². The first-order valence-electron chi connectivity index (χ1n) is 10.2. The molecule has 0 spiro atoms. The van der Waals surface area contributed by atoms with Gasteiger partial charge in [0.1, 0.15) is 5.82 Å². The molecule has 3 N–H and O–H groups in total. The number of amides is 1. The summed E-state index contributed by atoms with van der Waals surface area (Å²) in [7, 11) is 0. The average Bonchev–Trinajstić information content (AvgIpc) is 2.78. The summed E-state index contributed by atoms with van der Waals surface area (Å²) in [6.07, 6.45) is 0. The van der Waals surface area contributed by atoms with Crippen molar-refractivity contribution in [1.82, 2.24) is 20.3 Å². The fourth-order valence-electron chi connectivity index (χ4n) is 3.50. The smallest absolute Gasteiger partial charge is 0.274 e. The number of carbonyl (C=O) groups excluding carboxylic acids is 1. The molecule has 4 rings (SSSR count). The zero-order chi connectivity index (χ0) is 23.5. The molecular weight excluding hydrogens is 441 g/mol. The molecule has 2 heterocycles. The minimum atomic E-state index is -0.477. The topological polar surface area (TPSA) is 93.8 Å². The van der Waals surface area contributed by atoms with E-state index in [1.807, 2.05) is 44.2 Å². The lowest BCUT2D eigenvalue weighted by atomic mass is 10.0. The number of aryl methyl sites for hydroxylation is 2. The molecule has 0 unspecified atom stereocenters. The molecule has 8 heteroatoms. The van der Waals surface area contributed by atoms with Gasteiger partial charge in [-0.15, -0.1) is 0 Å². The molecule has 2 aromatic carbocycles. The van der Waals surface area contributed by atoms with Gasteiger partial charge in [0.05, 0.1) is 11.4 Å². The van der Waals surface area contributed by atoms with E-state index in [0.29, 0.717) is 22.0 Å². The van der Waals surface area contributed by atoms with Crippen LogP contribution in [0.5, 0.6) is 0 Å². The monoisotopic (exact) mass is 461 g/mol. The van der Waals surface area contributed by atoms with E-state index >= 15 is 0 Å². The first-order chi connectivity index (χ1) is 15.8. The molecule has 0 bridgehead atoms. The van der Waals surface area contributed by atoms with Crippen molar-refractivity contribution >= 4 is 23.3 Å². The molecule has 0 fully saturated rings. The number of rotatable bonds is 5. The zero-order valence-corrected chi connectivity index (χ0v) is 18.8. The summed E-state index contributed by atoms with van der Waals surface area (Å²) in [6.45, 7) is 3.95. The third-order valence-corrected chi connectivity index (χ3v) is 5.38. The normalized spacial score (nSPS) is 10.8. The van der Waals surface area contributed by atoms with Crippen molar-refractivity contribution in [1.29, 1.82) is 0 Å². The SMILES string of the molecule is Cc1cc(-c2nc(C(=O)NCc3ccccc3Cl)c(N)nc2-c2ccc(F)cc2)cc(C)n1. The molecule has 0 aliphatic heterocycles. The Morgan fingerprint density at radius 2 is 1.58 bits per heavy atom. The van der Waals surface area contributed by atoms with Gasteiger partial charge in [0.15, 0.2) is 11.5 Å². The molecule has 0 aliphatic carbocycles. The maximum Gasteiger partial charge on any atom is 0.274 e. The Kier molecular flexibility index (Phi) is 6.33. The Morgan fingerprint density at radius 3 is 2.24 bits per heavy atom. The van der Waals surface area contributed by atoms with Crippen molar-refractivity contribution in [3.63, 3.8) is 0 Å². The van der Waals surface area contributed by atoms with Gasteiger partial charge in [-0.25, -0.2) is 14.4 Å². The Bertz CT molecular complexity index is 1320. The van der Waals surface area contributed by atoms with Gasteiger partial charge in [-0.05, 0) is 61.9 Å². The quantitative estimate of drug-likeness (QED) is 0.430. The summed E-state index contributed by atoms with van der Waals surface area (Å²) >= 11 is 6.18. The summed E-state index contributed by atoms with van der Waals surface area (Å²) in [5.74, 6) is -0.876. The second kappa shape index (κ2) is 9.34. The number of aromatic nitrogens is 3. The van der Waals surface area contributed by atoms with Crippen molar-refractivity contribution in [3.8, 4) is 22.5 Å². The number of hydrogen-bond donors (Lipinski definition) is 2. The molecule has 0 radical (unpaired) electrons. The third-order valence-electron chi connectivity index (χ3n) is 5.01. The number of carbonyl (C=O) groups is 1. The Morgan fingerprint density at radius 1 is 0.939 bits per heavy atom. The fraction of sp³-hybridized carbons (Fsp3) is 0.120. The van der Waals surface area contributed by atoms with Crippen LogP contribution in [0.2, 0.25) is 5.02 Å². The standard InChI is InChI=1S/C25H21ClFN5O/c1-14-11-18(12-15(2)30-14)22-21(16-7-9-19(27)10-8-16)32-24(28)23(31-22)25(33)29-13-17-5-3-4-6-20(17)26/h3-12H,13H2,1-2H3,(H2,28,32)(H,29,33). The van der Waals surface area contributed by atoms with Crippen LogP contribution in [-0.4, -0.2) is 20.9 Å². The molecule has 4 aromatic rings. The Balaban J connectivity index is 1.78. The van der Waals surface area contributed by atoms with E-state index in [1.54, 1.807) is 18.2 Å². The van der Waals surface area contributed by atoms with Gasteiger partial charge in [-0.1, -0.05) is 29.8 Å². The summed E-state index contributed by atoms with van der Waals surface area (Å²) in [6, 6.07) is 16.8. The van der Waals surface area contributed by atoms with Gasteiger partial charge in [-0.2, -0.15) is 0 Å². The van der Waals surface area contributed by atoms with Crippen molar-refractivity contribution in [2.45, 2.75) is 20.4 Å². The number of benzene rings is 2. The number of hydrogen-bond acceptors (Lipinski definition) is 5. The maximum absolute atomic E-state index is 13.5. The van der Waals surface area contributed by atoms with Crippen LogP contribution in [0.15, 0.2) is 60.7 Å². The summed E-state index contributed by atoms with van der Waals surface area (Å²) < 4.78 is 13.5. The highest BCUT2D eigenvalue weighted by Gasteiger charge is 2.20. The third kappa shape index (κ3) is 4.99. The van der Waals surface area contributed by atoms with Crippen molar-refractivity contribution in [2.75, 3.05) is 5.73 Å². The van der Waals surface area contributed by atoms with Crippen LogP contribution >= 0.6 is 11.6 Å². The molecule has 0 aliphatic rings. The van der Waals surface area contributed by atoms with Crippen LogP contribution < -0.4 is 11.1 Å². The van der Waals surface area contributed by atoms with E-state index in [-0.39, 0.29) is 23.9 Å². The van der Waals surface area contributed by atoms with E-state index in [2.05, 4.69) is 20.3 Å². The van der Waals surface area contributed by atoms with Gasteiger partial charge in [0.25, 0.3) is 5.91 Å². The maximum atomic E-state index is 13.5. The average molecular weight is 462 g/mol. The number of nitrogens with one attached hydrogen (secondary N) is 1. The van der Waals surface area contributed by atoms with Crippen molar-refractivity contribution < 1.29 is 9.18 Å². The lowest BCUT2D eigenvalue weighted by Gasteiger charge is -2.14. The van der Waals surface area contributed by atoms with Crippen LogP contribution in [0.1, 0.15) is 27.4 Å². The molecule has 33 heavy (non-hydrogen) atoms. The minimum Gasteiger partial charge on any atom is -0.382 e. The number of nitrogen functional groups attached to an aromatic ring is 1.